The van der Waals surface area contributed by atoms with Crippen molar-refractivity contribution < 1.29 is 4.79 Å². The second-order valence-corrected chi connectivity index (χ2v) is 3.14. The van der Waals surface area contributed by atoms with Gasteiger partial charge in [0.15, 0.2) is 0 Å². The third-order valence-corrected chi connectivity index (χ3v) is 2.17. The molecule has 0 radical (unpaired) electrons. The van der Waals surface area contributed by atoms with Gasteiger partial charge in [-0.1, -0.05) is 19.1 Å². The van der Waals surface area contributed by atoms with Crippen molar-refractivity contribution in [2.24, 2.45) is 17.6 Å². The lowest BCUT2D eigenvalue weighted by atomic mass is 9.98. The van der Waals surface area contributed by atoms with Crippen molar-refractivity contribution in [3.63, 3.8) is 0 Å². The second-order valence-electron chi connectivity index (χ2n) is 3.14. The van der Waals surface area contributed by atoms with Gasteiger partial charge >= 0.3 is 0 Å². The van der Waals surface area contributed by atoms with Crippen molar-refractivity contribution in [3.05, 3.63) is 12.2 Å². The van der Waals surface area contributed by atoms with Gasteiger partial charge in [0.1, 0.15) is 0 Å². The third kappa shape index (κ3) is 1.20. The molecule has 56 valence electrons. The largest absolute Gasteiger partial charge is 0.369 e. The first-order chi connectivity index (χ1) is 4.61. The molecule has 1 aliphatic carbocycles. The Hall–Kier alpha value is -0.790. The molecule has 0 aromatic rings. The van der Waals surface area contributed by atoms with Crippen molar-refractivity contribution in [1.29, 1.82) is 0 Å². The Kier molecular flexibility index (Phi) is 1.79. The number of amides is 1. The molecule has 2 unspecified atom stereocenters. The summed E-state index contributed by atoms with van der Waals surface area (Å²) in [5.41, 5.74) is 6.33. The minimum Gasteiger partial charge on any atom is -0.369 e. The minimum absolute atomic E-state index is 0.0486. The van der Waals surface area contributed by atoms with E-state index in [-0.39, 0.29) is 11.8 Å². The lowest BCUT2D eigenvalue weighted by Crippen LogP contribution is -2.24. The maximum atomic E-state index is 10.7. The van der Waals surface area contributed by atoms with Crippen LogP contribution in [0.25, 0.3) is 0 Å². The summed E-state index contributed by atoms with van der Waals surface area (Å²) in [5.74, 6) is 0.281. The number of primary amides is 1. The summed E-state index contributed by atoms with van der Waals surface area (Å²) in [7, 11) is 0. The highest BCUT2D eigenvalue weighted by Crippen LogP contribution is 2.33. The van der Waals surface area contributed by atoms with E-state index in [0.29, 0.717) is 5.92 Å². The average Bonchev–Trinajstić information content (AvgIpc) is 2.10. The van der Waals surface area contributed by atoms with Gasteiger partial charge in [-0.15, -0.1) is 0 Å². The number of hydrogen-bond acceptors (Lipinski definition) is 1. The van der Waals surface area contributed by atoms with Crippen LogP contribution in [0.3, 0.4) is 0 Å². The molecule has 2 atom stereocenters. The fourth-order valence-corrected chi connectivity index (χ4v) is 1.57. The van der Waals surface area contributed by atoms with Gasteiger partial charge in [-0.3, -0.25) is 4.79 Å². The van der Waals surface area contributed by atoms with Gasteiger partial charge in [-0.2, -0.15) is 0 Å². The molecule has 0 spiro atoms. The number of rotatable bonds is 1. The van der Waals surface area contributed by atoms with Gasteiger partial charge in [0, 0.05) is 5.92 Å². The van der Waals surface area contributed by atoms with Crippen LogP contribution in [0.5, 0.6) is 0 Å². The van der Waals surface area contributed by atoms with Gasteiger partial charge < -0.3 is 5.73 Å². The Labute approximate surface area is 61.1 Å². The number of carbonyl (C=O) groups is 1. The van der Waals surface area contributed by atoms with Gasteiger partial charge in [0.25, 0.3) is 0 Å². The first kappa shape index (κ1) is 7.32. The molecule has 2 heteroatoms. The highest BCUT2D eigenvalue weighted by atomic mass is 16.1. The summed E-state index contributed by atoms with van der Waals surface area (Å²) in [6.07, 6.45) is 1.77. The molecule has 0 bridgehead atoms. The SMILES string of the molecule is C=C1CC(C)C(C(N)=O)C1. The van der Waals surface area contributed by atoms with Gasteiger partial charge in [-0.25, -0.2) is 0 Å². The molecule has 0 aliphatic heterocycles. The van der Waals surface area contributed by atoms with Crippen LogP contribution in [-0.4, -0.2) is 5.91 Å². The number of hydrogen-bond donors (Lipinski definition) is 1. The molecule has 1 saturated carbocycles. The van der Waals surface area contributed by atoms with E-state index < -0.39 is 0 Å². The minimum atomic E-state index is -0.175. The van der Waals surface area contributed by atoms with Crippen molar-refractivity contribution in [2.45, 2.75) is 19.8 Å². The third-order valence-electron chi connectivity index (χ3n) is 2.17. The Morgan fingerprint density at radius 1 is 1.70 bits per heavy atom. The summed E-state index contributed by atoms with van der Waals surface area (Å²) >= 11 is 0. The molecule has 1 fully saturated rings. The van der Waals surface area contributed by atoms with Crippen LogP contribution in [0.4, 0.5) is 0 Å². The topological polar surface area (TPSA) is 43.1 Å². The van der Waals surface area contributed by atoms with Gasteiger partial charge in [0.2, 0.25) is 5.91 Å². The lowest BCUT2D eigenvalue weighted by molar-refractivity contribution is -0.122. The van der Waals surface area contributed by atoms with E-state index in [1.165, 1.54) is 0 Å². The summed E-state index contributed by atoms with van der Waals surface area (Å²) in [6, 6.07) is 0. The van der Waals surface area contributed by atoms with E-state index >= 15 is 0 Å². The molecule has 0 heterocycles. The summed E-state index contributed by atoms with van der Waals surface area (Å²) in [4.78, 5) is 10.7. The van der Waals surface area contributed by atoms with E-state index in [9.17, 15) is 4.79 Å². The van der Waals surface area contributed by atoms with Crippen LogP contribution < -0.4 is 5.73 Å². The van der Waals surface area contributed by atoms with Crippen molar-refractivity contribution >= 4 is 5.91 Å². The van der Waals surface area contributed by atoms with Crippen LogP contribution in [0.1, 0.15) is 19.8 Å². The smallest absolute Gasteiger partial charge is 0.221 e. The molecule has 1 rings (SSSR count). The predicted octanol–water partition coefficient (Wildman–Crippen LogP) is 1.07. The van der Waals surface area contributed by atoms with Crippen molar-refractivity contribution in [2.75, 3.05) is 0 Å². The molecule has 10 heavy (non-hydrogen) atoms. The molecule has 1 amide bonds. The van der Waals surface area contributed by atoms with E-state index in [1.54, 1.807) is 0 Å². The summed E-state index contributed by atoms with van der Waals surface area (Å²) in [5, 5.41) is 0. The van der Waals surface area contributed by atoms with E-state index in [4.69, 9.17) is 5.73 Å². The molecule has 2 nitrogen and oxygen atoms in total. The Morgan fingerprint density at radius 2 is 2.30 bits per heavy atom. The highest BCUT2D eigenvalue weighted by molar-refractivity contribution is 5.77. The summed E-state index contributed by atoms with van der Waals surface area (Å²) in [6.45, 7) is 5.88. The van der Waals surface area contributed by atoms with Crippen LogP contribution in [0, 0.1) is 11.8 Å². The first-order valence-electron chi connectivity index (χ1n) is 3.57. The maximum absolute atomic E-state index is 10.7. The molecular formula is C8H13NO. The zero-order chi connectivity index (χ0) is 7.72. The molecule has 1 aliphatic rings. The number of allylic oxidation sites excluding steroid dienone is 1. The number of nitrogens with two attached hydrogens (primary N) is 1. The predicted molar refractivity (Wildman–Crippen MR) is 40.2 cm³/mol. The fourth-order valence-electron chi connectivity index (χ4n) is 1.57. The molecule has 0 saturated heterocycles. The zero-order valence-electron chi connectivity index (χ0n) is 6.26. The van der Waals surface area contributed by atoms with Crippen LogP contribution >= 0.6 is 0 Å². The Bertz CT molecular complexity index is 174. The standard InChI is InChI=1S/C8H13NO/c1-5-3-6(2)7(4-5)8(9)10/h6-7H,1,3-4H2,2H3,(H2,9,10). The van der Waals surface area contributed by atoms with Gasteiger partial charge in [0.05, 0.1) is 0 Å². The van der Waals surface area contributed by atoms with Crippen molar-refractivity contribution in [3.8, 4) is 0 Å². The fraction of sp³-hybridized carbons (Fsp3) is 0.625. The second kappa shape index (κ2) is 2.45. The van der Waals surface area contributed by atoms with Gasteiger partial charge in [-0.05, 0) is 18.8 Å². The van der Waals surface area contributed by atoms with Crippen LogP contribution in [0.15, 0.2) is 12.2 Å². The van der Waals surface area contributed by atoms with Crippen molar-refractivity contribution in [1.82, 2.24) is 0 Å². The monoisotopic (exact) mass is 139 g/mol. The van der Waals surface area contributed by atoms with E-state index in [2.05, 4.69) is 6.58 Å². The summed E-state index contributed by atoms with van der Waals surface area (Å²) < 4.78 is 0. The normalized spacial score (nSPS) is 32.7. The molecule has 0 aromatic carbocycles. The Balaban J connectivity index is 2.63. The highest BCUT2D eigenvalue weighted by Gasteiger charge is 2.29. The average molecular weight is 139 g/mol. The molecule has 2 N–H and O–H groups in total. The van der Waals surface area contributed by atoms with Crippen LogP contribution in [-0.2, 0) is 4.79 Å². The quantitative estimate of drug-likeness (QED) is 0.542. The Morgan fingerprint density at radius 3 is 2.50 bits per heavy atom. The number of carbonyl (C=O) groups excluding carboxylic acids is 1. The first-order valence-corrected chi connectivity index (χ1v) is 3.57. The van der Waals surface area contributed by atoms with E-state index in [1.807, 2.05) is 6.92 Å². The maximum Gasteiger partial charge on any atom is 0.221 e. The lowest BCUT2D eigenvalue weighted by Gasteiger charge is -2.08. The zero-order valence-corrected chi connectivity index (χ0v) is 6.26. The molecule has 0 aromatic heterocycles. The molecular weight excluding hydrogens is 126 g/mol. The van der Waals surface area contributed by atoms with Crippen LogP contribution in [0.2, 0.25) is 0 Å². The van der Waals surface area contributed by atoms with E-state index in [0.717, 1.165) is 18.4 Å².